The lowest BCUT2D eigenvalue weighted by molar-refractivity contribution is -0.132. The highest BCUT2D eigenvalue weighted by atomic mass is 16.2. The molecule has 1 amide bonds. The van der Waals surface area contributed by atoms with Crippen LogP contribution in [0.25, 0.3) is 0 Å². The summed E-state index contributed by atoms with van der Waals surface area (Å²) < 4.78 is 0. The SMILES string of the molecule is CC1(C)CC2CC(C)(CN2C(=O)CCN)C1. The Morgan fingerprint density at radius 1 is 1.38 bits per heavy atom. The fourth-order valence-electron chi connectivity index (χ4n) is 4.02. The maximum atomic E-state index is 12.0. The highest BCUT2D eigenvalue weighted by Gasteiger charge is 2.50. The van der Waals surface area contributed by atoms with Crippen LogP contribution in [0.2, 0.25) is 0 Å². The molecule has 3 heteroatoms. The largest absolute Gasteiger partial charge is 0.339 e. The molecule has 2 aliphatic rings. The van der Waals surface area contributed by atoms with Crippen LogP contribution >= 0.6 is 0 Å². The van der Waals surface area contributed by atoms with Crippen LogP contribution in [0, 0.1) is 10.8 Å². The van der Waals surface area contributed by atoms with E-state index < -0.39 is 0 Å². The van der Waals surface area contributed by atoms with Gasteiger partial charge >= 0.3 is 0 Å². The van der Waals surface area contributed by atoms with Crippen LogP contribution in [0.15, 0.2) is 0 Å². The second-order valence-corrected chi connectivity index (χ2v) is 6.77. The van der Waals surface area contributed by atoms with E-state index in [2.05, 4.69) is 25.7 Å². The summed E-state index contributed by atoms with van der Waals surface area (Å²) in [5.74, 6) is 0.258. The summed E-state index contributed by atoms with van der Waals surface area (Å²) in [6.45, 7) is 8.40. The van der Waals surface area contributed by atoms with Gasteiger partial charge in [-0.15, -0.1) is 0 Å². The molecule has 0 spiro atoms. The van der Waals surface area contributed by atoms with Gasteiger partial charge in [0.15, 0.2) is 0 Å². The minimum atomic E-state index is 0.258. The van der Waals surface area contributed by atoms with Gasteiger partial charge in [0.05, 0.1) is 0 Å². The van der Waals surface area contributed by atoms with E-state index in [-0.39, 0.29) is 5.91 Å². The fraction of sp³-hybridized carbons (Fsp3) is 0.923. The highest BCUT2D eigenvalue weighted by molar-refractivity contribution is 5.77. The normalized spacial score (nSPS) is 36.5. The summed E-state index contributed by atoms with van der Waals surface area (Å²) in [5.41, 5.74) is 6.20. The number of likely N-dealkylation sites (tertiary alicyclic amines) is 1. The Morgan fingerprint density at radius 3 is 2.69 bits per heavy atom. The number of hydrogen-bond acceptors (Lipinski definition) is 2. The van der Waals surface area contributed by atoms with Crippen molar-refractivity contribution < 1.29 is 4.79 Å². The van der Waals surface area contributed by atoms with Gasteiger partial charge in [0.25, 0.3) is 0 Å². The highest BCUT2D eigenvalue weighted by Crippen LogP contribution is 2.52. The Bertz CT molecular complexity index is 300. The summed E-state index contributed by atoms with van der Waals surface area (Å²) >= 11 is 0. The Morgan fingerprint density at radius 2 is 2.06 bits per heavy atom. The number of rotatable bonds is 2. The van der Waals surface area contributed by atoms with Crippen molar-refractivity contribution in [3.8, 4) is 0 Å². The van der Waals surface area contributed by atoms with Crippen LogP contribution in [0.4, 0.5) is 0 Å². The Hall–Kier alpha value is -0.570. The quantitative estimate of drug-likeness (QED) is 0.777. The van der Waals surface area contributed by atoms with E-state index >= 15 is 0 Å². The van der Waals surface area contributed by atoms with Crippen molar-refractivity contribution in [3.05, 3.63) is 0 Å². The number of carbonyl (C=O) groups is 1. The first kappa shape index (κ1) is 11.9. The zero-order chi connectivity index (χ0) is 12.0. The second kappa shape index (κ2) is 3.73. The summed E-state index contributed by atoms with van der Waals surface area (Å²) in [4.78, 5) is 14.1. The van der Waals surface area contributed by atoms with Crippen molar-refractivity contribution in [2.24, 2.45) is 16.6 Å². The second-order valence-electron chi connectivity index (χ2n) is 6.77. The lowest BCUT2D eigenvalue weighted by Gasteiger charge is -2.39. The van der Waals surface area contributed by atoms with E-state index in [0.29, 0.717) is 29.8 Å². The Labute approximate surface area is 98.4 Å². The molecule has 1 aliphatic carbocycles. The van der Waals surface area contributed by atoms with Gasteiger partial charge in [-0.05, 0) is 30.1 Å². The maximum Gasteiger partial charge on any atom is 0.224 e. The van der Waals surface area contributed by atoms with Crippen LogP contribution in [-0.2, 0) is 4.79 Å². The minimum absolute atomic E-state index is 0.258. The van der Waals surface area contributed by atoms with Gasteiger partial charge in [-0.3, -0.25) is 4.79 Å². The van der Waals surface area contributed by atoms with Crippen LogP contribution < -0.4 is 5.73 Å². The number of nitrogens with two attached hydrogens (primary N) is 1. The van der Waals surface area contributed by atoms with E-state index in [4.69, 9.17) is 5.73 Å². The third kappa shape index (κ3) is 2.10. The van der Waals surface area contributed by atoms with Crippen molar-refractivity contribution in [1.29, 1.82) is 0 Å². The molecule has 0 radical (unpaired) electrons. The summed E-state index contributed by atoms with van der Waals surface area (Å²) in [6.07, 6.45) is 4.08. The van der Waals surface area contributed by atoms with Crippen molar-refractivity contribution in [2.45, 2.75) is 52.5 Å². The van der Waals surface area contributed by atoms with Gasteiger partial charge in [0.1, 0.15) is 0 Å². The smallest absolute Gasteiger partial charge is 0.224 e. The Kier molecular flexibility index (Phi) is 2.77. The van der Waals surface area contributed by atoms with Gasteiger partial charge in [0.2, 0.25) is 5.91 Å². The number of fused-ring (bicyclic) bond motifs is 2. The molecule has 2 fully saturated rings. The molecule has 2 bridgehead atoms. The lowest BCUT2D eigenvalue weighted by atomic mass is 9.65. The topological polar surface area (TPSA) is 46.3 Å². The summed E-state index contributed by atoms with van der Waals surface area (Å²) in [7, 11) is 0. The van der Waals surface area contributed by atoms with Gasteiger partial charge in [-0.2, -0.15) is 0 Å². The minimum Gasteiger partial charge on any atom is -0.339 e. The maximum absolute atomic E-state index is 12.0. The number of nitrogens with zero attached hydrogens (tertiary/aromatic N) is 1. The molecule has 1 aliphatic heterocycles. The number of carbonyl (C=O) groups excluding carboxylic acids is 1. The third-order valence-electron chi connectivity index (χ3n) is 4.09. The van der Waals surface area contributed by atoms with Gasteiger partial charge in [-0.25, -0.2) is 0 Å². The monoisotopic (exact) mass is 224 g/mol. The van der Waals surface area contributed by atoms with Crippen molar-refractivity contribution in [1.82, 2.24) is 4.90 Å². The molecule has 2 atom stereocenters. The predicted molar refractivity (Wildman–Crippen MR) is 64.9 cm³/mol. The molecule has 92 valence electrons. The van der Waals surface area contributed by atoms with Crippen molar-refractivity contribution in [2.75, 3.05) is 13.1 Å². The summed E-state index contributed by atoms with van der Waals surface area (Å²) in [5, 5.41) is 0. The van der Waals surface area contributed by atoms with E-state index in [0.717, 1.165) is 13.0 Å². The molecule has 2 N–H and O–H groups in total. The molecular weight excluding hydrogens is 200 g/mol. The van der Waals surface area contributed by atoms with Crippen molar-refractivity contribution >= 4 is 5.91 Å². The molecule has 1 saturated heterocycles. The molecule has 2 rings (SSSR count). The first-order valence-electron chi connectivity index (χ1n) is 6.35. The molecule has 3 nitrogen and oxygen atoms in total. The van der Waals surface area contributed by atoms with E-state index in [1.54, 1.807) is 0 Å². The van der Waals surface area contributed by atoms with E-state index in [1.807, 2.05) is 0 Å². The van der Waals surface area contributed by atoms with Crippen LogP contribution in [-0.4, -0.2) is 29.9 Å². The molecule has 16 heavy (non-hydrogen) atoms. The zero-order valence-electron chi connectivity index (χ0n) is 10.8. The van der Waals surface area contributed by atoms with Gasteiger partial charge in [-0.1, -0.05) is 20.8 Å². The van der Waals surface area contributed by atoms with Gasteiger partial charge < -0.3 is 10.6 Å². The molecule has 0 aromatic carbocycles. The molecule has 1 heterocycles. The van der Waals surface area contributed by atoms with Crippen molar-refractivity contribution in [3.63, 3.8) is 0 Å². The van der Waals surface area contributed by atoms with Crippen LogP contribution in [0.5, 0.6) is 0 Å². The first-order chi connectivity index (χ1) is 7.35. The van der Waals surface area contributed by atoms with E-state index in [1.165, 1.54) is 12.8 Å². The Balaban J connectivity index is 2.13. The third-order valence-corrected chi connectivity index (χ3v) is 4.09. The number of hydrogen-bond donors (Lipinski definition) is 1. The zero-order valence-corrected chi connectivity index (χ0v) is 10.8. The summed E-state index contributed by atoms with van der Waals surface area (Å²) in [6, 6.07) is 0.466. The lowest BCUT2D eigenvalue weighted by Crippen LogP contribution is -2.38. The van der Waals surface area contributed by atoms with Crippen LogP contribution in [0.1, 0.15) is 46.5 Å². The standard InChI is InChI=1S/C13H24N2O/c1-12(2)6-10-7-13(3,8-12)9-15(10)11(16)4-5-14/h10H,4-9,14H2,1-3H3. The van der Waals surface area contributed by atoms with Crippen LogP contribution in [0.3, 0.4) is 0 Å². The molecule has 0 aromatic heterocycles. The molecule has 1 saturated carbocycles. The predicted octanol–water partition coefficient (Wildman–Crippen LogP) is 1.76. The fourth-order valence-corrected chi connectivity index (χ4v) is 4.02. The number of amides is 1. The molecule has 0 aromatic rings. The average molecular weight is 224 g/mol. The molecular formula is C13H24N2O. The molecule has 2 unspecified atom stereocenters. The average Bonchev–Trinajstić information content (AvgIpc) is 2.35. The van der Waals surface area contributed by atoms with Gasteiger partial charge in [0, 0.05) is 25.6 Å². The first-order valence-corrected chi connectivity index (χ1v) is 6.35. The van der Waals surface area contributed by atoms with E-state index in [9.17, 15) is 4.79 Å².